The summed E-state index contributed by atoms with van der Waals surface area (Å²) in [6.45, 7) is 10.6. The summed E-state index contributed by atoms with van der Waals surface area (Å²) in [5.41, 5.74) is 2.95. The van der Waals surface area contributed by atoms with Gasteiger partial charge >= 0.3 is 0 Å². The van der Waals surface area contributed by atoms with Crippen LogP contribution in [0.1, 0.15) is 51.7 Å². The Labute approximate surface area is 118 Å². The van der Waals surface area contributed by atoms with Crippen molar-refractivity contribution in [3.63, 3.8) is 0 Å². The van der Waals surface area contributed by atoms with E-state index in [0.717, 1.165) is 19.6 Å². The molecule has 1 rings (SSSR count). The topological polar surface area (TPSA) is 21.3 Å². The van der Waals surface area contributed by atoms with E-state index in [2.05, 4.69) is 57.3 Å². The molecule has 1 aromatic carbocycles. The van der Waals surface area contributed by atoms with Gasteiger partial charge in [0, 0.05) is 19.7 Å². The van der Waals surface area contributed by atoms with Crippen LogP contribution >= 0.6 is 0 Å². The number of methoxy groups -OCH3 is 1. The van der Waals surface area contributed by atoms with Crippen LogP contribution in [0, 0.1) is 0 Å². The molecule has 0 radical (unpaired) electrons. The summed E-state index contributed by atoms with van der Waals surface area (Å²) in [6, 6.07) is 9.38. The zero-order valence-electron chi connectivity index (χ0n) is 13.1. The molecule has 1 aromatic rings. The second-order valence-corrected chi connectivity index (χ2v) is 6.27. The summed E-state index contributed by atoms with van der Waals surface area (Å²) in [5, 5.41) is 3.57. The third-order valence-electron chi connectivity index (χ3n) is 3.42. The van der Waals surface area contributed by atoms with E-state index in [1.54, 1.807) is 7.11 Å². The number of hydrogen-bond acceptors (Lipinski definition) is 2. The first-order chi connectivity index (χ1) is 8.97. The van der Waals surface area contributed by atoms with Gasteiger partial charge in [-0.15, -0.1) is 0 Å². The van der Waals surface area contributed by atoms with Crippen molar-refractivity contribution in [2.24, 2.45) is 0 Å². The van der Waals surface area contributed by atoms with Crippen LogP contribution in [0.15, 0.2) is 24.3 Å². The highest BCUT2D eigenvalue weighted by atomic mass is 16.5. The van der Waals surface area contributed by atoms with Crippen LogP contribution in [0.3, 0.4) is 0 Å². The lowest BCUT2D eigenvalue weighted by Gasteiger charge is -2.20. The molecule has 2 nitrogen and oxygen atoms in total. The van der Waals surface area contributed by atoms with E-state index in [0.29, 0.717) is 6.04 Å². The summed E-state index contributed by atoms with van der Waals surface area (Å²) >= 11 is 0. The van der Waals surface area contributed by atoms with E-state index < -0.39 is 0 Å². The van der Waals surface area contributed by atoms with Crippen molar-refractivity contribution in [2.45, 2.75) is 58.5 Å². The van der Waals surface area contributed by atoms with E-state index in [9.17, 15) is 0 Å². The maximum absolute atomic E-state index is 5.25. The van der Waals surface area contributed by atoms with Crippen LogP contribution in [-0.2, 0) is 16.7 Å². The fourth-order valence-corrected chi connectivity index (χ4v) is 2.18. The first kappa shape index (κ1) is 16.2. The maximum Gasteiger partial charge on any atom is 0.0615 e. The molecular formula is C17H29NO. The Morgan fingerprint density at radius 2 is 1.79 bits per heavy atom. The third-order valence-corrected chi connectivity index (χ3v) is 3.42. The zero-order chi connectivity index (χ0) is 14.3. The lowest BCUT2D eigenvalue weighted by molar-refractivity contribution is 0.161. The minimum Gasteiger partial charge on any atom is -0.383 e. The Kier molecular flexibility index (Phi) is 6.53. The molecule has 0 amide bonds. The molecule has 1 N–H and O–H groups in total. The van der Waals surface area contributed by atoms with Crippen LogP contribution in [-0.4, -0.2) is 19.8 Å². The number of hydrogen-bond donors (Lipinski definition) is 1. The van der Waals surface area contributed by atoms with Crippen molar-refractivity contribution in [2.75, 3.05) is 13.7 Å². The Morgan fingerprint density at radius 1 is 1.16 bits per heavy atom. The standard InChI is InChI=1S/C17H29NO/c1-6-7-16(13-19-5)18-12-14-8-10-15(11-9-14)17(2,3)4/h8-11,16,18H,6-7,12-13H2,1-5H3. The molecule has 0 heterocycles. The van der Waals surface area contributed by atoms with Crippen molar-refractivity contribution >= 4 is 0 Å². The molecule has 0 aliphatic heterocycles. The highest BCUT2D eigenvalue weighted by Crippen LogP contribution is 2.22. The van der Waals surface area contributed by atoms with Crippen molar-refractivity contribution < 1.29 is 4.74 Å². The summed E-state index contributed by atoms with van der Waals surface area (Å²) in [7, 11) is 1.77. The molecule has 1 atom stereocenters. The molecule has 0 aliphatic rings. The largest absolute Gasteiger partial charge is 0.383 e. The highest BCUT2D eigenvalue weighted by Gasteiger charge is 2.13. The van der Waals surface area contributed by atoms with E-state index >= 15 is 0 Å². The third kappa shape index (κ3) is 5.75. The average molecular weight is 263 g/mol. The van der Waals surface area contributed by atoms with Crippen LogP contribution in [0.4, 0.5) is 0 Å². The molecule has 0 spiro atoms. The second kappa shape index (κ2) is 7.66. The number of ether oxygens (including phenoxy) is 1. The Bertz CT molecular complexity index is 345. The smallest absolute Gasteiger partial charge is 0.0615 e. The Hall–Kier alpha value is -0.860. The second-order valence-electron chi connectivity index (χ2n) is 6.27. The molecule has 19 heavy (non-hydrogen) atoms. The number of benzene rings is 1. The van der Waals surface area contributed by atoms with Gasteiger partial charge < -0.3 is 10.1 Å². The van der Waals surface area contributed by atoms with Gasteiger partial charge in [0.1, 0.15) is 0 Å². The van der Waals surface area contributed by atoms with Gasteiger partial charge in [-0.05, 0) is 23.0 Å². The van der Waals surface area contributed by atoms with Crippen molar-refractivity contribution in [3.8, 4) is 0 Å². The molecule has 0 saturated carbocycles. The molecule has 0 bridgehead atoms. The van der Waals surface area contributed by atoms with Crippen molar-refractivity contribution in [1.29, 1.82) is 0 Å². The summed E-state index contributed by atoms with van der Waals surface area (Å²) in [5.74, 6) is 0. The van der Waals surface area contributed by atoms with Crippen LogP contribution in [0.25, 0.3) is 0 Å². The van der Waals surface area contributed by atoms with Crippen molar-refractivity contribution in [1.82, 2.24) is 5.32 Å². The van der Waals surface area contributed by atoms with Gasteiger partial charge in [0.2, 0.25) is 0 Å². The SMILES string of the molecule is CCCC(COC)NCc1ccc(C(C)(C)C)cc1. The molecular weight excluding hydrogens is 234 g/mol. The predicted octanol–water partition coefficient (Wildman–Crippen LogP) is 3.89. The van der Waals surface area contributed by atoms with Crippen LogP contribution in [0.5, 0.6) is 0 Å². The predicted molar refractivity (Wildman–Crippen MR) is 82.6 cm³/mol. The fraction of sp³-hybridized carbons (Fsp3) is 0.647. The van der Waals surface area contributed by atoms with Crippen LogP contribution < -0.4 is 5.32 Å². The van der Waals surface area contributed by atoms with E-state index in [1.165, 1.54) is 17.5 Å². The molecule has 108 valence electrons. The van der Waals surface area contributed by atoms with Gasteiger partial charge in [0.25, 0.3) is 0 Å². The zero-order valence-corrected chi connectivity index (χ0v) is 13.1. The van der Waals surface area contributed by atoms with E-state index in [4.69, 9.17) is 4.74 Å². The molecule has 0 fully saturated rings. The lowest BCUT2D eigenvalue weighted by atomic mass is 9.87. The molecule has 2 heteroatoms. The van der Waals surface area contributed by atoms with Gasteiger partial charge in [0.15, 0.2) is 0 Å². The molecule has 0 saturated heterocycles. The van der Waals surface area contributed by atoms with Crippen LogP contribution in [0.2, 0.25) is 0 Å². The monoisotopic (exact) mass is 263 g/mol. The fourth-order valence-electron chi connectivity index (χ4n) is 2.18. The number of rotatable bonds is 7. The Morgan fingerprint density at radius 3 is 2.26 bits per heavy atom. The first-order valence-electron chi connectivity index (χ1n) is 7.29. The minimum atomic E-state index is 0.229. The van der Waals surface area contributed by atoms with E-state index in [-0.39, 0.29) is 5.41 Å². The van der Waals surface area contributed by atoms with E-state index in [1.807, 2.05) is 0 Å². The van der Waals surface area contributed by atoms with Crippen molar-refractivity contribution in [3.05, 3.63) is 35.4 Å². The summed E-state index contributed by atoms with van der Waals surface area (Å²) in [6.07, 6.45) is 2.35. The normalized spacial score (nSPS) is 13.5. The summed E-state index contributed by atoms with van der Waals surface area (Å²) in [4.78, 5) is 0. The molecule has 1 unspecified atom stereocenters. The van der Waals surface area contributed by atoms with Gasteiger partial charge in [-0.2, -0.15) is 0 Å². The molecule has 0 aromatic heterocycles. The van der Waals surface area contributed by atoms with Gasteiger partial charge in [-0.1, -0.05) is 58.4 Å². The highest BCUT2D eigenvalue weighted by molar-refractivity contribution is 5.27. The average Bonchev–Trinajstić information content (AvgIpc) is 2.36. The lowest BCUT2D eigenvalue weighted by Crippen LogP contribution is -2.32. The Balaban J connectivity index is 2.53. The quantitative estimate of drug-likeness (QED) is 0.806. The van der Waals surface area contributed by atoms with Gasteiger partial charge in [-0.25, -0.2) is 0 Å². The summed E-state index contributed by atoms with van der Waals surface area (Å²) < 4.78 is 5.25. The first-order valence-corrected chi connectivity index (χ1v) is 7.29. The maximum atomic E-state index is 5.25. The van der Waals surface area contributed by atoms with Gasteiger partial charge in [0.05, 0.1) is 6.61 Å². The van der Waals surface area contributed by atoms with Gasteiger partial charge in [-0.3, -0.25) is 0 Å². The molecule has 0 aliphatic carbocycles. The number of nitrogens with one attached hydrogen (secondary N) is 1. The minimum absolute atomic E-state index is 0.229.